The predicted molar refractivity (Wildman–Crippen MR) is 113 cm³/mol. The minimum atomic E-state index is -0.817. The zero-order valence-electron chi connectivity index (χ0n) is 16.4. The number of anilines is 1. The van der Waals surface area contributed by atoms with Crippen molar-refractivity contribution in [1.82, 2.24) is 0 Å². The number of aromatic hydroxyl groups is 1. The van der Waals surface area contributed by atoms with Crippen LogP contribution in [0.3, 0.4) is 0 Å². The Morgan fingerprint density at radius 3 is 2.58 bits per heavy atom. The average molecular weight is 438 g/mol. The first-order valence-corrected chi connectivity index (χ1v) is 10.6. The average Bonchev–Trinajstić information content (AvgIpc) is 2.98. The predicted octanol–water partition coefficient (Wildman–Crippen LogP) is 2.27. The second kappa shape index (κ2) is 7.05. The van der Waals surface area contributed by atoms with Gasteiger partial charge in [-0.05, 0) is 37.3 Å². The Labute approximate surface area is 181 Å². The number of amides is 2. The topological polar surface area (TPSA) is 119 Å². The zero-order chi connectivity index (χ0) is 21.9. The summed E-state index contributed by atoms with van der Waals surface area (Å²) >= 11 is 1.02. The summed E-state index contributed by atoms with van der Waals surface area (Å²) < 4.78 is 10.8. The van der Waals surface area contributed by atoms with Crippen LogP contribution in [0.15, 0.2) is 53.1 Å². The normalized spacial score (nSPS) is 24.5. The number of imide groups is 1. The van der Waals surface area contributed by atoms with E-state index in [2.05, 4.69) is 0 Å². The molecule has 0 spiro atoms. The maximum Gasteiger partial charge on any atom is 0.342 e. The van der Waals surface area contributed by atoms with Crippen LogP contribution in [-0.2, 0) is 14.4 Å². The fourth-order valence-corrected chi connectivity index (χ4v) is 5.59. The molecule has 0 saturated carbocycles. The van der Waals surface area contributed by atoms with Crippen LogP contribution in [0, 0.1) is 5.92 Å². The third-order valence-electron chi connectivity index (χ3n) is 5.65. The minimum absolute atomic E-state index is 0.0708. The van der Waals surface area contributed by atoms with Gasteiger partial charge in [0.2, 0.25) is 11.8 Å². The fraction of sp³-hybridized carbons (Fsp3) is 0.227. The molecular formula is C22H18N2O6S. The smallest absolute Gasteiger partial charge is 0.342 e. The summed E-state index contributed by atoms with van der Waals surface area (Å²) in [7, 11) is 0. The summed E-state index contributed by atoms with van der Waals surface area (Å²) in [6.07, 6.45) is 0. The Morgan fingerprint density at radius 2 is 1.87 bits per heavy atom. The van der Waals surface area contributed by atoms with E-state index >= 15 is 0 Å². The molecule has 3 aliphatic rings. The lowest BCUT2D eigenvalue weighted by Gasteiger charge is -2.36. The quantitative estimate of drug-likeness (QED) is 0.426. The summed E-state index contributed by atoms with van der Waals surface area (Å²) in [5.41, 5.74) is 7.31. The number of fused-ring (bicyclic) bond motifs is 5. The van der Waals surface area contributed by atoms with E-state index < -0.39 is 29.0 Å². The van der Waals surface area contributed by atoms with Crippen LogP contribution in [0.5, 0.6) is 17.2 Å². The van der Waals surface area contributed by atoms with Crippen molar-refractivity contribution in [3.05, 3.63) is 58.6 Å². The summed E-state index contributed by atoms with van der Waals surface area (Å²) in [5, 5.41) is 9.19. The van der Waals surface area contributed by atoms with Crippen molar-refractivity contribution in [2.45, 2.75) is 18.1 Å². The van der Waals surface area contributed by atoms with Crippen LogP contribution in [-0.4, -0.2) is 34.7 Å². The molecule has 3 N–H and O–H groups in total. The number of carbonyl (C=O) groups is 3. The van der Waals surface area contributed by atoms with Crippen molar-refractivity contribution in [1.29, 1.82) is 0 Å². The second-order valence-electron chi connectivity index (χ2n) is 7.37. The van der Waals surface area contributed by atoms with Gasteiger partial charge in [-0.3, -0.25) is 9.59 Å². The van der Waals surface area contributed by atoms with E-state index in [9.17, 15) is 19.5 Å². The van der Waals surface area contributed by atoms with Gasteiger partial charge in [-0.1, -0.05) is 17.8 Å². The Balaban J connectivity index is 1.59. The number of phenols is 1. The highest BCUT2D eigenvalue weighted by Crippen LogP contribution is 2.54. The molecular weight excluding hydrogens is 420 g/mol. The Kier molecular flexibility index (Phi) is 4.44. The molecule has 8 nitrogen and oxygen atoms in total. The third-order valence-corrected chi connectivity index (χ3v) is 6.87. The zero-order valence-corrected chi connectivity index (χ0v) is 17.2. The van der Waals surface area contributed by atoms with Crippen molar-refractivity contribution >= 4 is 35.2 Å². The molecule has 2 aromatic rings. The van der Waals surface area contributed by atoms with Crippen molar-refractivity contribution < 1.29 is 29.0 Å². The van der Waals surface area contributed by atoms with Crippen LogP contribution in [0.25, 0.3) is 0 Å². The minimum Gasteiger partial charge on any atom is -0.508 e. The number of rotatable bonds is 3. The van der Waals surface area contributed by atoms with E-state index in [1.807, 2.05) is 6.92 Å². The molecule has 3 atom stereocenters. The number of ether oxygens (including phenoxy) is 2. The van der Waals surface area contributed by atoms with Crippen LogP contribution < -0.4 is 20.1 Å². The van der Waals surface area contributed by atoms with Crippen molar-refractivity contribution in [3.63, 3.8) is 0 Å². The molecule has 3 heterocycles. The molecule has 1 fully saturated rings. The third kappa shape index (κ3) is 2.88. The maximum atomic E-state index is 13.5. The lowest BCUT2D eigenvalue weighted by molar-refractivity contribution is -0.131. The number of carbonyl (C=O) groups excluding carboxylic acids is 3. The molecule has 0 aromatic heterocycles. The first kappa shape index (κ1) is 19.5. The van der Waals surface area contributed by atoms with E-state index in [1.165, 1.54) is 12.1 Å². The number of hydrogen-bond acceptors (Lipinski definition) is 8. The molecule has 158 valence electrons. The molecule has 0 radical (unpaired) electrons. The first-order chi connectivity index (χ1) is 14.9. The molecule has 5 rings (SSSR count). The molecule has 9 heteroatoms. The number of esters is 1. The van der Waals surface area contributed by atoms with Gasteiger partial charge in [0, 0.05) is 17.5 Å². The molecule has 3 aliphatic heterocycles. The van der Waals surface area contributed by atoms with E-state index in [1.54, 1.807) is 30.3 Å². The van der Waals surface area contributed by atoms with Crippen molar-refractivity contribution in [2.75, 3.05) is 11.5 Å². The van der Waals surface area contributed by atoms with E-state index in [-0.39, 0.29) is 28.0 Å². The van der Waals surface area contributed by atoms with Crippen molar-refractivity contribution in [2.24, 2.45) is 11.7 Å². The van der Waals surface area contributed by atoms with Gasteiger partial charge in [0.25, 0.3) is 0 Å². The molecule has 0 bridgehead atoms. The van der Waals surface area contributed by atoms with Crippen LogP contribution in [0.4, 0.5) is 5.69 Å². The molecule has 2 amide bonds. The standard InChI is InChI=1S/C22H18N2O6S/c1-2-29-12-6-3-10(4-7-12)24-20(26)16-15-13-8-5-11(25)9-14(13)30-22(28)17(15)19(23)31-18(16)21(24)27/h3-9,15-16,18,25H,2,23H2,1H3/t15-,16-,18-/m0/s1. The van der Waals surface area contributed by atoms with Gasteiger partial charge in [-0.2, -0.15) is 0 Å². The lowest BCUT2D eigenvalue weighted by Crippen LogP contribution is -2.39. The Morgan fingerprint density at radius 1 is 1.13 bits per heavy atom. The van der Waals surface area contributed by atoms with Crippen LogP contribution >= 0.6 is 11.8 Å². The van der Waals surface area contributed by atoms with Gasteiger partial charge in [-0.15, -0.1) is 0 Å². The number of benzene rings is 2. The number of thioether (sulfide) groups is 1. The summed E-state index contributed by atoms with van der Waals surface area (Å²) in [4.78, 5) is 40.6. The SMILES string of the molecule is CCOc1ccc(N2C(=O)[C@@H]3[C@H](SC(N)=C4C(=O)Oc5cc(O)ccc5[C@H]43)C2=O)cc1. The van der Waals surface area contributed by atoms with Gasteiger partial charge < -0.3 is 20.3 Å². The van der Waals surface area contributed by atoms with E-state index in [4.69, 9.17) is 15.2 Å². The van der Waals surface area contributed by atoms with Gasteiger partial charge in [-0.25, -0.2) is 9.69 Å². The number of hydrogen-bond donors (Lipinski definition) is 2. The summed E-state index contributed by atoms with van der Waals surface area (Å²) in [6.45, 7) is 2.37. The molecule has 0 unspecified atom stereocenters. The van der Waals surface area contributed by atoms with Crippen LogP contribution in [0.1, 0.15) is 18.4 Å². The van der Waals surface area contributed by atoms with Gasteiger partial charge in [0.05, 0.1) is 28.8 Å². The monoisotopic (exact) mass is 438 g/mol. The van der Waals surface area contributed by atoms with Crippen molar-refractivity contribution in [3.8, 4) is 17.2 Å². The van der Waals surface area contributed by atoms with Gasteiger partial charge in [0.15, 0.2) is 0 Å². The number of phenolic OH excluding ortho intramolecular Hbond substituents is 1. The first-order valence-electron chi connectivity index (χ1n) is 9.72. The van der Waals surface area contributed by atoms with Crippen LogP contribution in [0.2, 0.25) is 0 Å². The van der Waals surface area contributed by atoms with Gasteiger partial charge >= 0.3 is 5.97 Å². The number of nitrogens with two attached hydrogens (primary N) is 1. The second-order valence-corrected chi connectivity index (χ2v) is 8.55. The maximum absolute atomic E-state index is 13.5. The van der Waals surface area contributed by atoms with E-state index in [0.29, 0.717) is 23.6 Å². The fourth-order valence-electron chi connectivity index (χ4n) is 4.35. The Bertz CT molecular complexity index is 1160. The van der Waals surface area contributed by atoms with Gasteiger partial charge in [0.1, 0.15) is 22.5 Å². The largest absolute Gasteiger partial charge is 0.508 e. The lowest BCUT2D eigenvalue weighted by atomic mass is 9.77. The highest BCUT2D eigenvalue weighted by atomic mass is 32.2. The number of nitrogens with zero attached hydrogens (tertiary/aromatic N) is 1. The molecule has 1 saturated heterocycles. The highest BCUT2D eigenvalue weighted by molar-refractivity contribution is 8.04. The highest BCUT2D eigenvalue weighted by Gasteiger charge is 2.58. The van der Waals surface area contributed by atoms with E-state index in [0.717, 1.165) is 16.7 Å². The Hall–Kier alpha value is -3.46. The molecule has 0 aliphatic carbocycles. The summed E-state index contributed by atoms with van der Waals surface area (Å²) in [5.74, 6) is -2.29. The summed E-state index contributed by atoms with van der Waals surface area (Å²) in [6, 6.07) is 11.1. The molecule has 31 heavy (non-hydrogen) atoms. The molecule has 2 aromatic carbocycles.